The van der Waals surface area contributed by atoms with Crippen LogP contribution >= 0.6 is 7.60 Å². The van der Waals surface area contributed by atoms with Crippen LogP contribution in [0.1, 0.15) is 50.4 Å². The Hall–Kier alpha value is -0.990. The lowest BCUT2D eigenvalue weighted by molar-refractivity contribution is 0.206. The Balaban J connectivity index is 2.78. The monoisotopic (exact) mass is 366 g/mol. The van der Waals surface area contributed by atoms with E-state index in [4.69, 9.17) is 9.79 Å². The summed E-state index contributed by atoms with van der Waals surface area (Å²) in [6.07, 6.45) is 5.61. The van der Waals surface area contributed by atoms with Crippen LogP contribution in [-0.4, -0.2) is 34.0 Å². The molecule has 4 N–H and O–H groups in total. The number of hydrogen-bond donors (Lipinski definition) is 4. The maximum absolute atomic E-state index is 12.0. The number of aliphatic hydroxyl groups excluding tert-OH is 1. The molecule has 8 nitrogen and oxygen atoms in total. The summed E-state index contributed by atoms with van der Waals surface area (Å²) in [5.41, 5.74) is -0.254. The van der Waals surface area contributed by atoms with Gasteiger partial charge in [0, 0.05) is 11.8 Å². The molecule has 0 fully saturated rings. The van der Waals surface area contributed by atoms with Crippen molar-refractivity contribution in [1.29, 1.82) is 0 Å². The predicted molar refractivity (Wildman–Crippen MR) is 87.4 cm³/mol. The molecule has 0 aliphatic rings. The maximum Gasteiger partial charge on any atom is 0.358 e. The molecule has 1 heterocycles. The Bertz CT molecular complexity index is 646. The van der Waals surface area contributed by atoms with Gasteiger partial charge < -0.3 is 14.9 Å². The fourth-order valence-corrected chi connectivity index (χ4v) is 3.71. The zero-order chi connectivity index (χ0) is 17.5. The van der Waals surface area contributed by atoms with Gasteiger partial charge in [-0.2, -0.15) is 0 Å². The second kappa shape index (κ2) is 8.75. The van der Waals surface area contributed by atoms with Crippen molar-refractivity contribution < 1.29 is 27.9 Å². The number of anilines is 1. The highest BCUT2D eigenvalue weighted by molar-refractivity contribution is 7.92. The molecule has 0 aliphatic carbocycles. The Kier molecular flexibility index (Phi) is 7.63. The van der Waals surface area contributed by atoms with Crippen molar-refractivity contribution in [2.24, 2.45) is 0 Å². The third kappa shape index (κ3) is 6.97. The Morgan fingerprint density at radius 2 is 1.91 bits per heavy atom. The van der Waals surface area contributed by atoms with Crippen molar-refractivity contribution in [2.75, 3.05) is 10.5 Å². The number of aliphatic hydroxyl groups is 1. The van der Waals surface area contributed by atoms with E-state index in [-0.39, 0.29) is 17.1 Å². The molecule has 0 saturated heterocycles. The zero-order valence-electron chi connectivity index (χ0n) is 12.9. The molecule has 0 bridgehead atoms. The van der Waals surface area contributed by atoms with Crippen LogP contribution in [0, 0.1) is 0 Å². The molecule has 1 atom stereocenters. The van der Waals surface area contributed by atoms with E-state index in [1.54, 1.807) is 0 Å². The molecule has 0 radical (unpaired) electrons. The van der Waals surface area contributed by atoms with E-state index in [1.807, 2.05) is 0 Å². The molecule has 1 aromatic heterocycles. The van der Waals surface area contributed by atoms with Gasteiger partial charge >= 0.3 is 7.60 Å². The Morgan fingerprint density at radius 1 is 1.26 bits per heavy atom. The van der Waals surface area contributed by atoms with Gasteiger partial charge in [0.2, 0.25) is 10.0 Å². The fourth-order valence-electron chi connectivity index (χ4n) is 1.99. The highest BCUT2D eigenvalue weighted by Gasteiger charge is 2.31. The molecule has 0 amide bonds. The zero-order valence-corrected chi connectivity index (χ0v) is 14.6. The average molecular weight is 366 g/mol. The molecule has 10 heteroatoms. The van der Waals surface area contributed by atoms with Crippen molar-refractivity contribution in [1.82, 2.24) is 4.98 Å². The van der Waals surface area contributed by atoms with E-state index in [0.29, 0.717) is 6.42 Å². The summed E-state index contributed by atoms with van der Waals surface area (Å²) >= 11 is 0. The van der Waals surface area contributed by atoms with Gasteiger partial charge in [0.15, 0.2) is 5.85 Å². The molecule has 1 rings (SSSR count). The number of nitrogens with one attached hydrogen (secondary N) is 1. The summed E-state index contributed by atoms with van der Waals surface area (Å²) in [6.45, 7) is 2.06. The lowest BCUT2D eigenvalue weighted by Gasteiger charge is -2.16. The molecule has 0 aliphatic heterocycles. The lowest BCUT2D eigenvalue weighted by Crippen LogP contribution is -2.19. The van der Waals surface area contributed by atoms with Crippen LogP contribution in [0.2, 0.25) is 0 Å². The highest BCUT2D eigenvalue weighted by atomic mass is 32.2. The minimum absolute atomic E-state index is 0.112. The third-order valence-electron chi connectivity index (χ3n) is 3.20. The Morgan fingerprint density at radius 3 is 2.52 bits per heavy atom. The molecule has 132 valence electrons. The van der Waals surface area contributed by atoms with Crippen molar-refractivity contribution >= 4 is 23.4 Å². The van der Waals surface area contributed by atoms with Crippen LogP contribution in [0.5, 0.6) is 0 Å². The van der Waals surface area contributed by atoms with E-state index in [2.05, 4.69) is 16.6 Å². The number of hydrogen-bond acceptors (Lipinski definition) is 5. The first-order chi connectivity index (χ1) is 10.7. The maximum atomic E-state index is 12.0. The number of sulfonamides is 1. The minimum atomic E-state index is -4.82. The number of pyridine rings is 1. The summed E-state index contributed by atoms with van der Waals surface area (Å²) < 4.78 is 37.4. The van der Waals surface area contributed by atoms with E-state index < -0.39 is 23.5 Å². The second-order valence-corrected chi connectivity index (χ2v) is 8.75. The van der Waals surface area contributed by atoms with Gasteiger partial charge in [-0.1, -0.05) is 38.7 Å². The largest absolute Gasteiger partial charge is 0.376 e. The molecule has 1 unspecified atom stereocenters. The van der Waals surface area contributed by atoms with E-state index >= 15 is 0 Å². The first-order valence-corrected chi connectivity index (χ1v) is 10.7. The normalized spacial score (nSPS) is 13.7. The quantitative estimate of drug-likeness (QED) is 0.367. The average Bonchev–Trinajstić information content (AvgIpc) is 2.45. The molecular formula is C13H23N2O6PS. The van der Waals surface area contributed by atoms with Gasteiger partial charge in [-0.15, -0.1) is 0 Å². The lowest BCUT2D eigenvalue weighted by atomic mass is 10.2. The summed E-state index contributed by atoms with van der Waals surface area (Å²) in [4.78, 5) is 21.8. The molecule has 1 aromatic rings. The van der Waals surface area contributed by atoms with Crippen molar-refractivity contribution in [3.8, 4) is 0 Å². The molecule has 23 heavy (non-hydrogen) atoms. The van der Waals surface area contributed by atoms with Gasteiger partial charge in [0.1, 0.15) is 5.82 Å². The topological polar surface area (TPSA) is 137 Å². The van der Waals surface area contributed by atoms with Crippen LogP contribution in [0.3, 0.4) is 0 Å². The van der Waals surface area contributed by atoms with Crippen LogP contribution in [-0.2, 0) is 14.6 Å². The fraction of sp³-hybridized carbons (Fsp3) is 0.615. The first-order valence-electron chi connectivity index (χ1n) is 7.36. The highest BCUT2D eigenvalue weighted by Crippen LogP contribution is 2.51. The minimum Gasteiger partial charge on any atom is -0.376 e. The van der Waals surface area contributed by atoms with Crippen LogP contribution in [0.4, 0.5) is 5.82 Å². The molecule has 0 saturated carbocycles. The molecule has 0 aromatic carbocycles. The number of nitrogens with zero attached hydrogens (tertiary/aromatic N) is 1. The van der Waals surface area contributed by atoms with Crippen molar-refractivity contribution in [3.63, 3.8) is 0 Å². The van der Waals surface area contributed by atoms with E-state index in [1.165, 1.54) is 18.3 Å². The van der Waals surface area contributed by atoms with E-state index in [0.717, 1.165) is 25.7 Å². The third-order valence-corrected chi connectivity index (χ3v) is 5.45. The predicted octanol–water partition coefficient (Wildman–Crippen LogP) is 1.96. The van der Waals surface area contributed by atoms with Crippen LogP contribution in [0.25, 0.3) is 0 Å². The number of rotatable bonds is 10. The number of unbranched alkanes of at least 4 members (excludes halogenated alkanes) is 4. The molecular weight excluding hydrogens is 343 g/mol. The van der Waals surface area contributed by atoms with Gasteiger partial charge in [0.25, 0.3) is 0 Å². The standard InChI is InChI=1S/C13H23N2O6PS/c1-2-3-4-5-6-10-23(20,21)15-12-11(8-7-9-14-12)13(16)22(17,18)19/h7-9,13,16H,2-6,10H2,1H3,(H,14,15)(H2,17,18,19). The summed E-state index contributed by atoms with van der Waals surface area (Å²) in [5, 5.41) is 9.67. The van der Waals surface area contributed by atoms with Gasteiger partial charge in [-0.3, -0.25) is 9.29 Å². The van der Waals surface area contributed by atoms with Gasteiger partial charge in [0.05, 0.1) is 5.75 Å². The smallest absolute Gasteiger partial charge is 0.358 e. The Labute approximate surface area is 136 Å². The van der Waals surface area contributed by atoms with Crippen molar-refractivity contribution in [2.45, 2.75) is 44.9 Å². The van der Waals surface area contributed by atoms with Gasteiger partial charge in [-0.05, 0) is 12.5 Å². The van der Waals surface area contributed by atoms with Gasteiger partial charge in [-0.25, -0.2) is 13.4 Å². The summed E-state index contributed by atoms with van der Waals surface area (Å²) in [5.74, 6) is -2.51. The van der Waals surface area contributed by atoms with Crippen LogP contribution in [0.15, 0.2) is 18.3 Å². The first kappa shape index (κ1) is 20.1. The SMILES string of the molecule is CCCCCCCS(=O)(=O)Nc1ncccc1C(O)P(=O)(O)O. The van der Waals surface area contributed by atoms with Crippen molar-refractivity contribution in [3.05, 3.63) is 23.9 Å². The molecule has 0 spiro atoms. The number of aromatic nitrogens is 1. The second-order valence-electron chi connectivity index (χ2n) is 5.24. The van der Waals surface area contributed by atoms with E-state index in [9.17, 15) is 18.1 Å². The van der Waals surface area contributed by atoms with Crippen LogP contribution < -0.4 is 4.72 Å². The summed E-state index contributed by atoms with van der Waals surface area (Å²) in [6, 6.07) is 2.58. The summed E-state index contributed by atoms with van der Waals surface area (Å²) in [7, 11) is -8.52.